The Morgan fingerprint density at radius 3 is 2.62 bits per heavy atom. The number of benzene rings is 1. The molecule has 0 amide bonds. The van der Waals surface area contributed by atoms with E-state index in [1.807, 2.05) is 30.3 Å². The standard InChI is InChI=1S/C12H14ClNO2/c1-9(12(15)16-8-7-14)11(13)10-5-3-2-4-6-10/h2-6,11H,1,7-8,14H2. The van der Waals surface area contributed by atoms with Crippen molar-refractivity contribution < 1.29 is 9.53 Å². The molecule has 0 saturated carbocycles. The van der Waals surface area contributed by atoms with Crippen LogP contribution in [0.5, 0.6) is 0 Å². The third-order valence-corrected chi connectivity index (χ3v) is 2.53. The quantitative estimate of drug-likeness (QED) is 0.486. The monoisotopic (exact) mass is 239 g/mol. The van der Waals surface area contributed by atoms with E-state index in [-0.39, 0.29) is 18.7 Å². The molecule has 0 heterocycles. The Labute approximate surface area is 99.8 Å². The molecule has 16 heavy (non-hydrogen) atoms. The smallest absolute Gasteiger partial charge is 0.335 e. The van der Waals surface area contributed by atoms with Crippen LogP contribution in [0.15, 0.2) is 42.5 Å². The largest absolute Gasteiger partial charge is 0.461 e. The van der Waals surface area contributed by atoms with E-state index < -0.39 is 11.3 Å². The molecule has 0 saturated heterocycles. The number of rotatable bonds is 5. The summed E-state index contributed by atoms with van der Waals surface area (Å²) < 4.78 is 4.85. The van der Waals surface area contributed by atoms with Crippen LogP contribution in [-0.4, -0.2) is 19.1 Å². The number of hydrogen-bond acceptors (Lipinski definition) is 3. The second kappa shape index (κ2) is 6.30. The lowest BCUT2D eigenvalue weighted by Crippen LogP contribution is -2.16. The minimum absolute atomic E-state index is 0.177. The van der Waals surface area contributed by atoms with Crippen molar-refractivity contribution in [3.8, 4) is 0 Å². The molecule has 0 aliphatic rings. The van der Waals surface area contributed by atoms with Gasteiger partial charge in [0, 0.05) is 6.54 Å². The Kier molecular flexibility index (Phi) is 5.02. The molecule has 1 aromatic rings. The molecule has 0 radical (unpaired) electrons. The number of halogens is 1. The first-order chi connectivity index (χ1) is 7.66. The average Bonchev–Trinajstić information content (AvgIpc) is 2.35. The molecule has 0 aliphatic carbocycles. The molecule has 1 unspecified atom stereocenters. The van der Waals surface area contributed by atoms with Crippen LogP contribution in [0.25, 0.3) is 0 Å². The fraction of sp³-hybridized carbons (Fsp3) is 0.250. The maximum atomic E-state index is 11.5. The van der Waals surface area contributed by atoms with E-state index >= 15 is 0 Å². The van der Waals surface area contributed by atoms with E-state index in [1.165, 1.54) is 0 Å². The van der Waals surface area contributed by atoms with Gasteiger partial charge in [0.1, 0.15) is 6.61 Å². The normalized spacial score (nSPS) is 11.9. The summed E-state index contributed by atoms with van der Waals surface area (Å²) in [6.45, 7) is 4.10. The molecule has 0 fully saturated rings. The van der Waals surface area contributed by atoms with Crippen LogP contribution >= 0.6 is 11.6 Å². The first kappa shape index (κ1) is 12.7. The van der Waals surface area contributed by atoms with E-state index in [4.69, 9.17) is 22.1 Å². The maximum Gasteiger partial charge on any atom is 0.335 e. The van der Waals surface area contributed by atoms with Gasteiger partial charge >= 0.3 is 5.97 Å². The van der Waals surface area contributed by atoms with Crippen LogP contribution in [0.1, 0.15) is 10.9 Å². The molecule has 0 bridgehead atoms. The van der Waals surface area contributed by atoms with Crippen molar-refractivity contribution in [2.75, 3.05) is 13.2 Å². The Morgan fingerprint density at radius 1 is 1.44 bits per heavy atom. The molecule has 0 spiro atoms. The fourth-order valence-corrected chi connectivity index (χ4v) is 1.41. The summed E-state index contributed by atoms with van der Waals surface area (Å²) in [4.78, 5) is 11.5. The summed E-state index contributed by atoms with van der Waals surface area (Å²) in [6.07, 6.45) is 0. The highest BCUT2D eigenvalue weighted by molar-refractivity contribution is 6.25. The Bertz CT molecular complexity index is 365. The van der Waals surface area contributed by atoms with Crippen molar-refractivity contribution in [1.29, 1.82) is 0 Å². The first-order valence-corrected chi connectivity index (χ1v) is 5.35. The maximum absolute atomic E-state index is 11.5. The third kappa shape index (κ3) is 3.36. The van der Waals surface area contributed by atoms with Gasteiger partial charge in [-0.1, -0.05) is 36.9 Å². The number of hydrogen-bond donors (Lipinski definition) is 1. The molecule has 1 atom stereocenters. The molecule has 3 nitrogen and oxygen atoms in total. The first-order valence-electron chi connectivity index (χ1n) is 4.91. The van der Waals surface area contributed by atoms with Gasteiger partial charge in [-0.15, -0.1) is 11.6 Å². The molecule has 1 rings (SSSR count). The van der Waals surface area contributed by atoms with Crippen molar-refractivity contribution in [2.24, 2.45) is 5.73 Å². The summed E-state index contributed by atoms with van der Waals surface area (Å²) in [5.41, 5.74) is 6.27. The number of alkyl halides is 1. The van der Waals surface area contributed by atoms with Gasteiger partial charge in [0.2, 0.25) is 0 Å². The minimum atomic E-state index is -0.563. The van der Waals surface area contributed by atoms with Crippen molar-refractivity contribution in [3.63, 3.8) is 0 Å². The Morgan fingerprint density at radius 2 is 2.06 bits per heavy atom. The molecule has 4 heteroatoms. The second-order valence-electron chi connectivity index (χ2n) is 3.22. The van der Waals surface area contributed by atoms with Crippen LogP contribution in [0.3, 0.4) is 0 Å². The summed E-state index contributed by atoms with van der Waals surface area (Å²) in [5, 5.41) is -0.563. The molecule has 86 valence electrons. The predicted molar refractivity (Wildman–Crippen MR) is 64.2 cm³/mol. The Hall–Kier alpha value is -1.32. The van der Waals surface area contributed by atoms with E-state index in [0.29, 0.717) is 0 Å². The van der Waals surface area contributed by atoms with Crippen molar-refractivity contribution in [1.82, 2.24) is 0 Å². The van der Waals surface area contributed by atoms with Gasteiger partial charge in [0.15, 0.2) is 0 Å². The van der Waals surface area contributed by atoms with Crippen LogP contribution in [0.4, 0.5) is 0 Å². The molecule has 0 aliphatic heterocycles. The van der Waals surface area contributed by atoms with E-state index in [2.05, 4.69) is 6.58 Å². The van der Waals surface area contributed by atoms with Crippen LogP contribution < -0.4 is 5.73 Å². The van der Waals surface area contributed by atoms with Crippen molar-refractivity contribution in [2.45, 2.75) is 5.38 Å². The second-order valence-corrected chi connectivity index (χ2v) is 3.66. The number of carbonyl (C=O) groups excluding carboxylic acids is 1. The topological polar surface area (TPSA) is 52.3 Å². The molecule has 1 aromatic carbocycles. The lowest BCUT2D eigenvalue weighted by atomic mass is 10.1. The van der Waals surface area contributed by atoms with Gasteiger partial charge < -0.3 is 10.5 Å². The molecule has 2 N–H and O–H groups in total. The highest BCUT2D eigenvalue weighted by atomic mass is 35.5. The van der Waals surface area contributed by atoms with Crippen LogP contribution in [-0.2, 0) is 9.53 Å². The zero-order chi connectivity index (χ0) is 12.0. The fourth-order valence-electron chi connectivity index (χ4n) is 1.17. The van der Waals surface area contributed by atoms with E-state index in [1.54, 1.807) is 0 Å². The van der Waals surface area contributed by atoms with Gasteiger partial charge in [-0.25, -0.2) is 4.79 Å². The zero-order valence-corrected chi connectivity index (χ0v) is 9.61. The number of ether oxygens (including phenoxy) is 1. The predicted octanol–water partition coefficient (Wildman–Crippen LogP) is 2.02. The van der Waals surface area contributed by atoms with Crippen molar-refractivity contribution in [3.05, 3.63) is 48.0 Å². The molecular formula is C12H14ClNO2. The minimum Gasteiger partial charge on any atom is -0.461 e. The van der Waals surface area contributed by atoms with E-state index in [9.17, 15) is 4.79 Å². The lowest BCUT2D eigenvalue weighted by Gasteiger charge is -2.12. The lowest BCUT2D eigenvalue weighted by molar-refractivity contribution is -0.138. The highest BCUT2D eigenvalue weighted by Gasteiger charge is 2.19. The van der Waals surface area contributed by atoms with Gasteiger partial charge in [-0.2, -0.15) is 0 Å². The van der Waals surface area contributed by atoms with Gasteiger partial charge in [-0.05, 0) is 5.56 Å². The number of esters is 1. The molecular weight excluding hydrogens is 226 g/mol. The third-order valence-electron chi connectivity index (χ3n) is 2.01. The summed E-state index contributed by atoms with van der Waals surface area (Å²) in [6, 6.07) is 9.24. The molecule has 0 aromatic heterocycles. The average molecular weight is 240 g/mol. The Balaban J connectivity index is 2.64. The summed E-state index contributed by atoms with van der Waals surface area (Å²) >= 11 is 6.10. The van der Waals surface area contributed by atoms with E-state index in [0.717, 1.165) is 5.56 Å². The summed E-state index contributed by atoms with van der Waals surface area (Å²) in [7, 11) is 0. The van der Waals surface area contributed by atoms with Crippen LogP contribution in [0.2, 0.25) is 0 Å². The zero-order valence-electron chi connectivity index (χ0n) is 8.86. The van der Waals surface area contributed by atoms with Crippen LogP contribution in [0, 0.1) is 0 Å². The van der Waals surface area contributed by atoms with Crippen molar-refractivity contribution >= 4 is 17.6 Å². The highest BCUT2D eigenvalue weighted by Crippen LogP contribution is 2.27. The number of carbonyl (C=O) groups is 1. The number of nitrogens with two attached hydrogens (primary N) is 1. The van der Waals surface area contributed by atoms with Gasteiger partial charge in [0.25, 0.3) is 0 Å². The van der Waals surface area contributed by atoms with Gasteiger partial charge in [-0.3, -0.25) is 0 Å². The SMILES string of the molecule is C=C(C(=O)OCCN)C(Cl)c1ccccc1. The van der Waals surface area contributed by atoms with Gasteiger partial charge in [0.05, 0.1) is 11.0 Å². The summed E-state index contributed by atoms with van der Waals surface area (Å²) in [5.74, 6) is -0.505.